The summed E-state index contributed by atoms with van der Waals surface area (Å²) in [6.07, 6.45) is 5.39. The minimum atomic E-state index is -0.965. The van der Waals surface area contributed by atoms with E-state index in [1.54, 1.807) is 0 Å². The summed E-state index contributed by atoms with van der Waals surface area (Å²) in [7, 11) is 0. The van der Waals surface area contributed by atoms with E-state index < -0.39 is 11.6 Å². The van der Waals surface area contributed by atoms with Gasteiger partial charge >= 0.3 is 0 Å². The predicted molar refractivity (Wildman–Crippen MR) is 101 cm³/mol. The SMILES string of the molecule is CC(=O)NCC(=O)NC1CCCCC1CNc1cnc2cc(F)c(F)cc2n1. The molecule has 1 aliphatic carbocycles. The molecule has 3 rings (SSSR count). The normalized spacial score (nSPS) is 19.2. The molecule has 3 N–H and O–H groups in total. The average Bonchev–Trinajstić information content (AvgIpc) is 2.66. The van der Waals surface area contributed by atoms with Gasteiger partial charge in [0, 0.05) is 31.6 Å². The Hall–Kier alpha value is -2.84. The number of amides is 2. The second-order valence-corrected chi connectivity index (χ2v) is 7.02. The van der Waals surface area contributed by atoms with Crippen molar-refractivity contribution in [3.63, 3.8) is 0 Å². The molecule has 0 aliphatic heterocycles. The number of carbonyl (C=O) groups is 2. The molecule has 1 heterocycles. The van der Waals surface area contributed by atoms with E-state index in [0.717, 1.165) is 37.8 Å². The summed E-state index contributed by atoms with van der Waals surface area (Å²) in [6.45, 7) is 1.89. The van der Waals surface area contributed by atoms with Gasteiger partial charge in [-0.1, -0.05) is 12.8 Å². The predicted octanol–water partition coefficient (Wildman–Crippen LogP) is 2.13. The van der Waals surface area contributed by atoms with Crippen LogP contribution in [0.1, 0.15) is 32.6 Å². The van der Waals surface area contributed by atoms with Crippen LogP contribution in [0.15, 0.2) is 18.3 Å². The molecule has 2 aromatic rings. The first kappa shape index (κ1) is 19.9. The Morgan fingerprint density at radius 2 is 1.86 bits per heavy atom. The Labute approximate surface area is 161 Å². The Morgan fingerprint density at radius 3 is 2.61 bits per heavy atom. The standard InChI is InChI=1S/C19H23F2N5O2/c1-11(27)22-10-19(28)26-15-5-3-2-4-12(15)8-24-18-9-23-16-6-13(20)14(21)7-17(16)25-18/h6-7,9,12,15H,2-5,8,10H2,1H3,(H,22,27)(H,24,25)(H,26,28). The summed E-state index contributed by atoms with van der Waals surface area (Å²) in [5.41, 5.74) is 0.554. The summed E-state index contributed by atoms with van der Waals surface area (Å²) < 4.78 is 26.7. The van der Waals surface area contributed by atoms with Crippen LogP contribution in [0.2, 0.25) is 0 Å². The lowest BCUT2D eigenvalue weighted by Gasteiger charge is -2.32. The van der Waals surface area contributed by atoms with Crippen LogP contribution >= 0.6 is 0 Å². The van der Waals surface area contributed by atoms with Crippen LogP contribution in [0, 0.1) is 17.6 Å². The zero-order valence-electron chi connectivity index (χ0n) is 15.6. The number of nitrogens with zero attached hydrogens (tertiary/aromatic N) is 2. The highest BCUT2D eigenvalue weighted by Crippen LogP contribution is 2.25. The van der Waals surface area contributed by atoms with Crippen LogP contribution in [0.4, 0.5) is 14.6 Å². The minimum absolute atomic E-state index is 0.00228. The first-order chi connectivity index (χ1) is 13.4. The van der Waals surface area contributed by atoms with Gasteiger partial charge in [-0.05, 0) is 18.8 Å². The number of benzene rings is 1. The Morgan fingerprint density at radius 1 is 1.14 bits per heavy atom. The topological polar surface area (TPSA) is 96.0 Å². The van der Waals surface area contributed by atoms with E-state index in [4.69, 9.17) is 0 Å². The Kier molecular flexibility index (Phi) is 6.33. The molecule has 0 radical (unpaired) electrons. The minimum Gasteiger partial charge on any atom is -0.368 e. The lowest BCUT2D eigenvalue weighted by Crippen LogP contribution is -2.47. The lowest BCUT2D eigenvalue weighted by atomic mass is 9.84. The number of rotatable bonds is 6. The number of hydrogen-bond acceptors (Lipinski definition) is 5. The number of hydrogen-bond donors (Lipinski definition) is 3. The monoisotopic (exact) mass is 391 g/mol. The van der Waals surface area contributed by atoms with Crippen LogP contribution in [0.5, 0.6) is 0 Å². The average molecular weight is 391 g/mol. The molecule has 0 bridgehead atoms. The largest absolute Gasteiger partial charge is 0.368 e. The Bertz CT molecular complexity index is 877. The third-order valence-electron chi connectivity index (χ3n) is 4.88. The zero-order valence-corrected chi connectivity index (χ0v) is 15.6. The first-order valence-electron chi connectivity index (χ1n) is 9.32. The molecule has 9 heteroatoms. The summed E-state index contributed by atoms with van der Waals surface area (Å²) in [5, 5.41) is 8.66. The molecule has 1 saturated carbocycles. The van der Waals surface area contributed by atoms with E-state index in [2.05, 4.69) is 25.9 Å². The maximum Gasteiger partial charge on any atom is 0.239 e. The molecule has 0 saturated heterocycles. The van der Waals surface area contributed by atoms with Gasteiger partial charge < -0.3 is 16.0 Å². The van der Waals surface area contributed by atoms with E-state index in [1.807, 2.05) is 0 Å². The summed E-state index contributed by atoms with van der Waals surface area (Å²) >= 11 is 0. The van der Waals surface area contributed by atoms with E-state index in [0.29, 0.717) is 12.4 Å². The molecule has 2 atom stereocenters. The highest BCUT2D eigenvalue weighted by Gasteiger charge is 2.26. The molecular formula is C19H23F2N5O2. The second kappa shape index (κ2) is 8.90. The quantitative estimate of drug-likeness (QED) is 0.701. The number of fused-ring (bicyclic) bond motifs is 1. The van der Waals surface area contributed by atoms with Crippen LogP contribution in [0.25, 0.3) is 11.0 Å². The van der Waals surface area contributed by atoms with Crippen LogP contribution < -0.4 is 16.0 Å². The molecule has 1 fully saturated rings. The molecule has 0 spiro atoms. The summed E-state index contributed by atoms with van der Waals surface area (Å²) in [5.74, 6) is -1.72. The molecule has 150 valence electrons. The number of nitrogens with one attached hydrogen (secondary N) is 3. The van der Waals surface area contributed by atoms with Gasteiger partial charge in [-0.3, -0.25) is 14.6 Å². The van der Waals surface area contributed by atoms with E-state index in [9.17, 15) is 18.4 Å². The van der Waals surface area contributed by atoms with Gasteiger partial charge in [-0.2, -0.15) is 0 Å². The maximum atomic E-state index is 13.4. The van der Waals surface area contributed by atoms with Gasteiger partial charge in [0.15, 0.2) is 11.6 Å². The van der Waals surface area contributed by atoms with Gasteiger partial charge in [0.25, 0.3) is 0 Å². The van der Waals surface area contributed by atoms with Crippen molar-refractivity contribution in [2.75, 3.05) is 18.4 Å². The van der Waals surface area contributed by atoms with Crippen molar-refractivity contribution in [1.82, 2.24) is 20.6 Å². The molecular weight excluding hydrogens is 368 g/mol. The van der Waals surface area contributed by atoms with E-state index in [1.165, 1.54) is 13.1 Å². The van der Waals surface area contributed by atoms with Crippen molar-refractivity contribution in [2.45, 2.75) is 38.6 Å². The van der Waals surface area contributed by atoms with Crippen molar-refractivity contribution in [3.05, 3.63) is 30.0 Å². The zero-order chi connectivity index (χ0) is 20.1. The number of aromatic nitrogens is 2. The highest BCUT2D eigenvalue weighted by molar-refractivity contribution is 5.83. The van der Waals surface area contributed by atoms with Crippen molar-refractivity contribution in [2.24, 2.45) is 5.92 Å². The fourth-order valence-electron chi connectivity index (χ4n) is 3.43. The second-order valence-electron chi connectivity index (χ2n) is 7.02. The molecule has 2 unspecified atom stereocenters. The molecule has 28 heavy (non-hydrogen) atoms. The van der Waals surface area contributed by atoms with Gasteiger partial charge in [0.1, 0.15) is 5.82 Å². The maximum absolute atomic E-state index is 13.4. The van der Waals surface area contributed by atoms with Crippen molar-refractivity contribution in [1.29, 1.82) is 0 Å². The van der Waals surface area contributed by atoms with Crippen molar-refractivity contribution < 1.29 is 18.4 Å². The molecule has 1 aromatic carbocycles. The third kappa shape index (κ3) is 5.11. The summed E-state index contributed by atoms with van der Waals surface area (Å²) in [4.78, 5) is 31.3. The van der Waals surface area contributed by atoms with Crippen LogP contribution in [-0.2, 0) is 9.59 Å². The molecule has 1 aromatic heterocycles. The summed E-state index contributed by atoms with van der Waals surface area (Å²) in [6, 6.07) is 2.04. The number of carbonyl (C=O) groups excluding carboxylic acids is 2. The lowest BCUT2D eigenvalue weighted by molar-refractivity contribution is -0.125. The number of halogens is 2. The van der Waals surface area contributed by atoms with Crippen molar-refractivity contribution in [3.8, 4) is 0 Å². The fraction of sp³-hybridized carbons (Fsp3) is 0.474. The van der Waals surface area contributed by atoms with Gasteiger partial charge in [0.05, 0.1) is 23.8 Å². The number of anilines is 1. The molecule has 1 aliphatic rings. The van der Waals surface area contributed by atoms with E-state index >= 15 is 0 Å². The van der Waals surface area contributed by atoms with Crippen LogP contribution in [0.3, 0.4) is 0 Å². The van der Waals surface area contributed by atoms with Gasteiger partial charge in [0.2, 0.25) is 11.8 Å². The Balaban J connectivity index is 1.61. The van der Waals surface area contributed by atoms with Gasteiger partial charge in [-0.25, -0.2) is 13.8 Å². The smallest absolute Gasteiger partial charge is 0.239 e. The van der Waals surface area contributed by atoms with Crippen molar-refractivity contribution >= 4 is 28.7 Å². The van der Waals surface area contributed by atoms with Gasteiger partial charge in [-0.15, -0.1) is 0 Å². The first-order valence-corrected chi connectivity index (χ1v) is 9.32. The van der Waals surface area contributed by atoms with E-state index in [-0.39, 0.29) is 41.4 Å². The highest BCUT2D eigenvalue weighted by atomic mass is 19.2. The molecule has 7 nitrogen and oxygen atoms in total. The fourth-order valence-corrected chi connectivity index (χ4v) is 3.43. The van der Waals surface area contributed by atoms with Crippen LogP contribution in [-0.4, -0.2) is 40.9 Å². The molecule has 2 amide bonds. The third-order valence-corrected chi connectivity index (χ3v) is 4.88.